The van der Waals surface area contributed by atoms with Crippen LogP contribution >= 0.6 is 11.6 Å². The molecule has 3 rings (SSSR count). The van der Waals surface area contributed by atoms with Gasteiger partial charge in [-0.2, -0.15) is 13.2 Å². The van der Waals surface area contributed by atoms with E-state index in [9.17, 15) is 18.3 Å². The Morgan fingerprint density at radius 1 is 1.17 bits per heavy atom. The summed E-state index contributed by atoms with van der Waals surface area (Å²) in [5, 5.41) is 17.8. The number of aromatic nitrogens is 2. The molecule has 1 aromatic heterocycles. The van der Waals surface area contributed by atoms with Crippen molar-refractivity contribution in [2.24, 2.45) is 0 Å². The Labute approximate surface area is 141 Å². The molecule has 2 aromatic rings. The average Bonchev–Trinajstić information content (AvgIpc) is 2.99. The fourth-order valence-corrected chi connectivity index (χ4v) is 2.88. The quantitative estimate of drug-likeness (QED) is 0.909. The molecule has 0 atom stereocenters. The molecule has 9 heteroatoms. The SMILES string of the molecule is OC1(c2ccc(Cl)cc2)CCN(Cc2nnc(C(F)(F)F)o2)CC1. The van der Waals surface area contributed by atoms with Crippen molar-refractivity contribution >= 4 is 11.6 Å². The number of hydrogen-bond acceptors (Lipinski definition) is 5. The summed E-state index contributed by atoms with van der Waals surface area (Å²) in [6, 6.07) is 7.01. The number of likely N-dealkylation sites (tertiary alicyclic amines) is 1. The van der Waals surface area contributed by atoms with Crippen LogP contribution in [0.5, 0.6) is 0 Å². The average molecular weight is 362 g/mol. The normalized spacial score (nSPS) is 18.7. The predicted octanol–water partition coefficient (Wildman–Crippen LogP) is 3.23. The van der Waals surface area contributed by atoms with E-state index in [1.165, 1.54) is 0 Å². The molecular weight excluding hydrogens is 347 g/mol. The van der Waals surface area contributed by atoms with Crippen molar-refractivity contribution in [1.82, 2.24) is 15.1 Å². The maximum Gasteiger partial charge on any atom is 0.470 e. The monoisotopic (exact) mass is 361 g/mol. The fraction of sp³-hybridized carbons (Fsp3) is 0.467. The summed E-state index contributed by atoms with van der Waals surface area (Å²) in [5.74, 6) is -1.42. The molecule has 0 bridgehead atoms. The van der Waals surface area contributed by atoms with Gasteiger partial charge in [0.05, 0.1) is 12.1 Å². The maximum absolute atomic E-state index is 12.4. The van der Waals surface area contributed by atoms with Gasteiger partial charge in [-0.3, -0.25) is 4.90 Å². The van der Waals surface area contributed by atoms with Crippen LogP contribution in [0.3, 0.4) is 0 Å². The second kappa shape index (κ2) is 6.34. The first kappa shape index (κ1) is 17.2. The lowest BCUT2D eigenvalue weighted by molar-refractivity contribution is -0.157. The van der Waals surface area contributed by atoms with Crippen LogP contribution < -0.4 is 0 Å². The van der Waals surface area contributed by atoms with Gasteiger partial charge in [-0.1, -0.05) is 23.7 Å². The summed E-state index contributed by atoms with van der Waals surface area (Å²) in [7, 11) is 0. The molecule has 130 valence electrons. The van der Waals surface area contributed by atoms with E-state index in [1.54, 1.807) is 24.3 Å². The summed E-state index contributed by atoms with van der Waals surface area (Å²) in [4.78, 5) is 1.87. The van der Waals surface area contributed by atoms with Crippen LogP contribution in [0.2, 0.25) is 5.02 Å². The van der Waals surface area contributed by atoms with E-state index >= 15 is 0 Å². The number of hydrogen-bond donors (Lipinski definition) is 1. The molecule has 2 heterocycles. The zero-order chi connectivity index (χ0) is 17.4. The number of rotatable bonds is 3. The van der Waals surface area contributed by atoms with Crippen LogP contribution in [0, 0.1) is 0 Å². The fourth-order valence-electron chi connectivity index (χ4n) is 2.75. The second-order valence-electron chi connectivity index (χ2n) is 5.81. The number of halogens is 4. The second-order valence-corrected chi connectivity index (χ2v) is 6.25. The predicted molar refractivity (Wildman–Crippen MR) is 79.2 cm³/mol. The lowest BCUT2D eigenvalue weighted by Crippen LogP contribution is -2.42. The smallest absolute Gasteiger partial charge is 0.416 e. The molecule has 0 saturated carbocycles. The zero-order valence-corrected chi connectivity index (χ0v) is 13.3. The number of benzene rings is 1. The third-order valence-corrected chi connectivity index (χ3v) is 4.38. The molecule has 1 N–H and O–H groups in total. The summed E-state index contributed by atoms with van der Waals surface area (Å²) in [5.41, 5.74) is -0.184. The van der Waals surface area contributed by atoms with Gasteiger partial charge in [0.25, 0.3) is 0 Å². The van der Waals surface area contributed by atoms with Crippen LogP contribution in [0.15, 0.2) is 28.7 Å². The van der Waals surface area contributed by atoms with E-state index in [-0.39, 0.29) is 12.4 Å². The Morgan fingerprint density at radius 2 is 1.79 bits per heavy atom. The Morgan fingerprint density at radius 3 is 2.33 bits per heavy atom. The van der Waals surface area contributed by atoms with Crippen LogP contribution in [-0.4, -0.2) is 33.3 Å². The minimum atomic E-state index is -4.64. The highest BCUT2D eigenvalue weighted by Gasteiger charge is 2.39. The van der Waals surface area contributed by atoms with Gasteiger partial charge >= 0.3 is 12.1 Å². The van der Waals surface area contributed by atoms with Crippen LogP contribution in [0.4, 0.5) is 13.2 Å². The van der Waals surface area contributed by atoms with Crippen LogP contribution in [0.25, 0.3) is 0 Å². The van der Waals surface area contributed by atoms with Crippen molar-refractivity contribution < 1.29 is 22.7 Å². The standard InChI is InChI=1S/C15H15ClF3N3O2/c16-11-3-1-10(2-4-11)14(23)5-7-22(8-6-14)9-12-20-21-13(24-12)15(17,18)19/h1-4,23H,5-9H2. The number of aliphatic hydroxyl groups is 1. The molecule has 0 aliphatic carbocycles. The van der Waals surface area contributed by atoms with Gasteiger partial charge in [-0.15, -0.1) is 10.2 Å². The van der Waals surface area contributed by atoms with Gasteiger partial charge in [0.2, 0.25) is 5.89 Å². The minimum absolute atomic E-state index is 0.0840. The van der Waals surface area contributed by atoms with Gasteiger partial charge < -0.3 is 9.52 Å². The number of alkyl halides is 3. The van der Waals surface area contributed by atoms with Crippen molar-refractivity contribution in [3.05, 3.63) is 46.6 Å². The van der Waals surface area contributed by atoms with Gasteiger partial charge in [0, 0.05) is 18.1 Å². The van der Waals surface area contributed by atoms with Gasteiger partial charge in [0.15, 0.2) is 0 Å². The molecule has 0 radical (unpaired) electrons. The third kappa shape index (κ3) is 3.71. The first-order valence-electron chi connectivity index (χ1n) is 7.37. The largest absolute Gasteiger partial charge is 0.470 e. The lowest BCUT2D eigenvalue weighted by Gasteiger charge is -2.38. The first-order chi connectivity index (χ1) is 11.3. The highest BCUT2D eigenvalue weighted by Crippen LogP contribution is 2.34. The van der Waals surface area contributed by atoms with E-state index in [1.807, 2.05) is 4.90 Å². The van der Waals surface area contributed by atoms with Crippen LogP contribution in [-0.2, 0) is 18.3 Å². The number of nitrogens with zero attached hydrogens (tertiary/aromatic N) is 3. The van der Waals surface area contributed by atoms with E-state index < -0.39 is 17.7 Å². The first-order valence-corrected chi connectivity index (χ1v) is 7.74. The molecule has 0 spiro atoms. The molecule has 1 aliphatic heterocycles. The molecule has 1 fully saturated rings. The molecule has 1 aromatic carbocycles. The zero-order valence-electron chi connectivity index (χ0n) is 12.6. The van der Waals surface area contributed by atoms with Crippen molar-refractivity contribution in [3.63, 3.8) is 0 Å². The molecule has 0 amide bonds. The summed E-state index contributed by atoms with van der Waals surface area (Å²) in [6.07, 6.45) is -3.73. The highest BCUT2D eigenvalue weighted by atomic mass is 35.5. The Balaban J connectivity index is 1.61. The Bertz CT molecular complexity index is 695. The number of piperidine rings is 1. The van der Waals surface area contributed by atoms with Gasteiger partial charge in [0.1, 0.15) is 0 Å². The maximum atomic E-state index is 12.4. The molecule has 1 aliphatic rings. The molecule has 24 heavy (non-hydrogen) atoms. The van der Waals surface area contributed by atoms with Crippen molar-refractivity contribution in [3.8, 4) is 0 Å². The van der Waals surface area contributed by atoms with E-state index in [0.717, 1.165) is 5.56 Å². The molecule has 0 unspecified atom stereocenters. The Kier molecular flexibility index (Phi) is 4.54. The summed E-state index contributed by atoms with van der Waals surface area (Å²) in [6.45, 7) is 1.13. The Hall–Kier alpha value is -1.64. The van der Waals surface area contributed by atoms with Crippen LogP contribution in [0.1, 0.15) is 30.2 Å². The minimum Gasteiger partial charge on any atom is -0.416 e. The third-order valence-electron chi connectivity index (χ3n) is 4.13. The topological polar surface area (TPSA) is 62.4 Å². The van der Waals surface area contributed by atoms with Crippen molar-refractivity contribution in [2.45, 2.75) is 31.2 Å². The molecular formula is C15H15ClF3N3O2. The van der Waals surface area contributed by atoms with Gasteiger partial charge in [-0.05, 0) is 30.5 Å². The summed E-state index contributed by atoms with van der Waals surface area (Å²) < 4.78 is 42.0. The summed E-state index contributed by atoms with van der Waals surface area (Å²) >= 11 is 5.85. The van der Waals surface area contributed by atoms with Crippen molar-refractivity contribution in [1.29, 1.82) is 0 Å². The van der Waals surface area contributed by atoms with E-state index in [2.05, 4.69) is 14.6 Å². The van der Waals surface area contributed by atoms with Gasteiger partial charge in [-0.25, -0.2) is 0 Å². The molecule has 5 nitrogen and oxygen atoms in total. The highest BCUT2D eigenvalue weighted by molar-refractivity contribution is 6.30. The van der Waals surface area contributed by atoms with E-state index in [4.69, 9.17) is 11.6 Å². The van der Waals surface area contributed by atoms with E-state index in [0.29, 0.717) is 31.0 Å². The molecule has 1 saturated heterocycles. The lowest BCUT2D eigenvalue weighted by atomic mass is 9.84. The van der Waals surface area contributed by atoms with Crippen molar-refractivity contribution in [2.75, 3.05) is 13.1 Å².